The Morgan fingerprint density at radius 2 is 2.25 bits per heavy atom. The SMILES string of the molecule is N#CC(N)c1c(Cl)cccc1Br. The lowest BCUT2D eigenvalue weighted by Gasteiger charge is -2.07. The zero-order valence-corrected chi connectivity index (χ0v) is 8.43. The van der Waals surface area contributed by atoms with Crippen molar-refractivity contribution >= 4 is 27.5 Å². The molecule has 1 aromatic rings. The smallest absolute Gasteiger partial charge is 0.121 e. The van der Waals surface area contributed by atoms with Gasteiger partial charge in [0.1, 0.15) is 6.04 Å². The van der Waals surface area contributed by atoms with Gasteiger partial charge in [0.25, 0.3) is 0 Å². The van der Waals surface area contributed by atoms with E-state index >= 15 is 0 Å². The van der Waals surface area contributed by atoms with E-state index in [1.165, 1.54) is 0 Å². The molecule has 4 heteroatoms. The Morgan fingerprint density at radius 1 is 1.58 bits per heavy atom. The van der Waals surface area contributed by atoms with Gasteiger partial charge in [0.15, 0.2) is 0 Å². The van der Waals surface area contributed by atoms with E-state index in [-0.39, 0.29) is 0 Å². The number of nitriles is 1. The van der Waals surface area contributed by atoms with Crippen LogP contribution in [0.2, 0.25) is 5.02 Å². The van der Waals surface area contributed by atoms with E-state index < -0.39 is 6.04 Å². The van der Waals surface area contributed by atoms with Crippen molar-refractivity contribution < 1.29 is 0 Å². The maximum Gasteiger partial charge on any atom is 0.121 e. The second kappa shape index (κ2) is 3.90. The molecular formula is C8H6BrClN2. The molecule has 1 rings (SSSR count). The Balaban J connectivity index is 3.23. The lowest BCUT2D eigenvalue weighted by atomic mass is 10.1. The van der Waals surface area contributed by atoms with Gasteiger partial charge in [-0.15, -0.1) is 0 Å². The predicted octanol–water partition coefficient (Wildman–Crippen LogP) is 2.63. The molecule has 0 aliphatic rings. The highest BCUT2D eigenvalue weighted by atomic mass is 79.9. The predicted molar refractivity (Wildman–Crippen MR) is 51.7 cm³/mol. The number of halogens is 2. The standard InChI is InChI=1S/C8H6BrClN2/c9-5-2-1-3-6(10)8(5)7(12)4-11/h1-3,7H,12H2. The van der Waals surface area contributed by atoms with E-state index in [0.29, 0.717) is 10.6 Å². The zero-order valence-electron chi connectivity index (χ0n) is 6.09. The fraction of sp³-hybridized carbons (Fsp3) is 0.125. The molecule has 0 aliphatic carbocycles. The highest BCUT2D eigenvalue weighted by Gasteiger charge is 2.11. The molecule has 0 amide bonds. The molecule has 0 fully saturated rings. The van der Waals surface area contributed by atoms with Gasteiger partial charge in [0.05, 0.1) is 6.07 Å². The quantitative estimate of drug-likeness (QED) is 0.827. The number of nitrogens with two attached hydrogens (primary N) is 1. The van der Waals surface area contributed by atoms with Gasteiger partial charge in [-0.05, 0) is 12.1 Å². The van der Waals surface area contributed by atoms with Crippen LogP contribution >= 0.6 is 27.5 Å². The van der Waals surface area contributed by atoms with E-state index in [1.54, 1.807) is 18.2 Å². The summed E-state index contributed by atoms with van der Waals surface area (Å²) in [5, 5.41) is 9.10. The summed E-state index contributed by atoms with van der Waals surface area (Å²) in [4.78, 5) is 0. The first-order valence-corrected chi connectivity index (χ1v) is 4.43. The minimum atomic E-state index is -0.673. The normalized spacial score (nSPS) is 12.2. The molecule has 2 N–H and O–H groups in total. The lowest BCUT2D eigenvalue weighted by molar-refractivity contribution is 0.920. The Labute approximate surface area is 84.1 Å². The Kier molecular flexibility index (Phi) is 3.10. The van der Waals surface area contributed by atoms with Crippen LogP contribution in [0.5, 0.6) is 0 Å². The fourth-order valence-electron chi connectivity index (χ4n) is 0.872. The van der Waals surface area contributed by atoms with Gasteiger partial charge in [-0.1, -0.05) is 33.6 Å². The highest BCUT2D eigenvalue weighted by molar-refractivity contribution is 9.10. The summed E-state index contributed by atoms with van der Waals surface area (Å²) in [7, 11) is 0. The van der Waals surface area contributed by atoms with E-state index in [4.69, 9.17) is 22.6 Å². The first-order valence-electron chi connectivity index (χ1n) is 3.26. The first-order chi connectivity index (χ1) is 5.66. The maximum atomic E-state index is 8.58. The van der Waals surface area contributed by atoms with E-state index in [2.05, 4.69) is 15.9 Å². The topological polar surface area (TPSA) is 49.8 Å². The second-order valence-corrected chi connectivity index (χ2v) is 3.50. The summed E-state index contributed by atoms with van der Waals surface area (Å²) in [6.07, 6.45) is 0. The van der Waals surface area contributed by atoms with Gasteiger partial charge in [-0.25, -0.2) is 0 Å². The van der Waals surface area contributed by atoms with Crippen molar-refractivity contribution in [2.75, 3.05) is 0 Å². The summed E-state index contributed by atoms with van der Waals surface area (Å²) in [6, 6.07) is 6.56. The average Bonchev–Trinajstić information content (AvgIpc) is 2.03. The number of benzene rings is 1. The Bertz CT molecular complexity index is 312. The zero-order chi connectivity index (χ0) is 9.14. The largest absolute Gasteiger partial charge is 0.312 e. The van der Waals surface area contributed by atoms with Crippen LogP contribution in [0.3, 0.4) is 0 Å². The van der Waals surface area contributed by atoms with Crippen LogP contribution in [-0.4, -0.2) is 0 Å². The third kappa shape index (κ3) is 1.78. The molecule has 0 aliphatic heterocycles. The summed E-state index contributed by atoms with van der Waals surface area (Å²) in [6.45, 7) is 0. The van der Waals surface area contributed by atoms with Crippen molar-refractivity contribution in [3.63, 3.8) is 0 Å². The van der Waals surface area contributed by atoms with Crippen LogP contribution in [0.4, 0.5) is 0 Å². The van der Waals surface area contributed by atoms with Crippen molar-refractivity contribution in [3.05, 3.63) is 33.3 Å². The number of nitrogens with zero attached hydrogens (tertiary/aromatic N) is 1. The van der Waals surface area contributed by atoms with Gasteiger partial charge in [-0.2, -0.15) is 5.26 Å². The molecule has 0 saturated heterocycles. The van der Waals surface area contributed by atoms with Crippen LogP contribution in [0.25, 0.3) is 0 Å². The number of hydrogen-bond acceptors (Lipinski definition) is 2. The van der Waals surface area contributed by atoms with E-state index in [1.807, 2.05) is 6.07 Å². The van der Waals surface area contributed by atoms with Crippen LogP contribution in [-0.2, 0) is 0 Å². The highest BCUT2D eigenvalue weighted by Crippen LogP contribution is 2.28. The monoisotopic (exact) mass is 244 g/mol. The van der Waals surface area contributed by atoms with Crippen molar-refractivity contribution in [1.29, 1.82) is 5.26 Å². The summed E-state index contributed by atoms with van der Waals surface area (Å²) in [5.74, 6) is 0. The molecule has 1 aromatic carbocycles. The molecule has 62 valence electrons. The minimum absolute atomic E-state index is 0.512. The first kappa shape index (κ1) is 9.53. The molecule has 0 aromatic heterocycles. The van der Waals surface area contributed by atoms with Crippen molar-refractivity contribution in [3.8, 4) is 6.07 Å². The van der Waals surface area contributed by atoms with Crippen molar-refractivity contribution in [2.45, 2.75) is 6.04 Å². The van der Waals surface area contributed by atoms with E-state index in [9.17, 15) is 0 Å². The van der Waals surface area contributed by atoms with Crippen molar-refractivity contribution in [2.24, 2.45) is 5.73 Å². The van der Waals surface area contributed by atoms with Crippen LogP contribution in [0.15, 0.2) is 22.7 Å². The molecule has 2 nitrogen and oxygen atoms in total. The molecule has 0 heterocycles. The van der Waals surface area contributed by atoms with Gasteiger partial charge in [0, 0.05) is 15.1 Å². The van der Waals surface area contributed by atoms with Gasteiger partial charge in [-0.3, -0.25) is 0 Å². The third-order valence-electron chi connectivity index (χ3n) is 1.45. The van der Waals surface area contributed by atoms with Crippen molar-refractivity contribution in [1.82, 2.24) is 0 Å². The molecular weight excluding hydrogens is 239 g/mol. The van der Waals surface area contributed by atoms with E-state index in [0.717, 1.165) is 4.47 Å². The molecule has 0 saturated carbocycles. The van der Waals surface area contributed by atoms with Crippen LogP contribution in [0, 0.1) is 11.3 Å². The third-order valence-corrected chi connectivity index (χ3v) is 2.47. The maximum absolute atomic E-state index is 8.58. The lowest BCUT2D eigenvalue weighted by Crippen LogP contribution is -2.08. The molecule has 0 bridgehead atoms. The van der Waals surface area contributed by atoms with Gasteiger partial charge < -0.3 is 5.73 Å². The van der Waals surface area contributed by atoms with Crippen LogP contribution in [0.1, 0.15) is 11.6 Å². The molecule has 0 spiro atoms. The Morgan fingerprint density at radius 3 is 2.75 bits per heavy atom. The minimum Gasteiger partial charge on any atom is -0.312 e. The molecule has 0 radical (unpaired) electrons. The summed E-state index contributed by atoms with van der Waals surface area (Å²) in [5.41, 5.74) is 6.16. The second-order valence-electron chi connectivity index (χ2n) is 2.24. The fourth-order valence-corrected chi connectivity index (χ4v) is 1.89. The summed E-state index contributed by atoms with van der Waals surface area (Å²) >= 11 is 9.11. The molecule has 1 unspecified atom stereocenters. The van der Waals surface area contributed by atoms with Gasteiger partial charge >= 0.3 is 0 Å². The number of rotatable bonds is 1. The average molecular weight is 246 g/mol. The number of hydrogen-bond donors (Lipinski definition) is 1. The van der Waals surface area contributed by atoms with Gasteiger partial charge in [0.2, 0.25) is 0 Å². The molecule has 1 atom stereocenters. The summed E-state index contributed by atoms with van der Waals surface area (Å²) < 4.78 is 0.768. The molecule has 12 heavy (non-hydrogen) atoms. The Hall–Kier alpha value is -0.560. The van der Waals surface area contributed by atoms with Crippen LogP contribution < -0.4 is 5.73 Å².